The van der Waals surface area contributed by atoms with Gasteiger partial charge in [-0.15, -0.1) is 0 Å². The molecule has 1 N–H and O–H groups in total. The van der Waals surface area contributed by atoms with Crippen LogP contribution in [0.1, 0.15) is 30.0 Å². The second-order valence-corrected chi connectivity index (χ2v) is 12.3. The van der Waals surface area contributed by atoms with E-state index in [1.807, 2.05) is 6.08 Å². The molecule has 1 aliphatic heterocycles. The first-order valence-electron chi connectivity index (χ1n) is 13.9. The maximum Gasteiger partial charge on any atom is 0.433 e. The van der Waals surface area contributed by atoms with E-state index in [9.17, 15) is 32.3 Å². The number of ether oxygens (including phenoxy) is 1. The minimum Gasteiger partial charge on any atom is -0.491 e. The molecule has 14 heteroatoms. The molecule has 1 aromatic heterocycles. The van der Waals surface area contributed by atoms with Crippen molar-refractivity contribution in [2.24, 2.45) is 17.8 Å². The molecule has 6 rings (SSSR count). The number of carbonyl (C=O) groups excluding carboxylic acids is 4. The van der Waals surface area contributed by atoms with Crippen LogP contribution in [0.25, 0.3) is 0 Å². The zero-order chi connectivity index (χ0) is 32.4. The van der Waals surface area contributed by atoms with Gasteiger partial charge in [-0.1, -0.05) is 35.4 Å². The van der Waals surface area contributed by atoms with Crippen molar-refractivity contribution in [3.8, 4) is 5.75 Å². The standard InChI is InChI=1S/C31H24BrClF3N3O6/c1-38(28-21(33)8-9-23(37-28)31(34,35)36)39-29(43)17-7-6-16-18(25(17)30(39)44)12-19-26(22(41)13-20(32)27(19)42)24(16)14-2-4-15(5-3-14)45-11-10-40/h2-6,8-9,13,17-18,24-25,40H,7,10-12H2,1H3/t17-,18+,24-,25-/m0/s1. The fraction of sp³-hybridized carbons (Fsp3) is 0.323. The lowest BCUT2D eigenvalue weighted by molar-refractivity contribution is -0.141. The zero-order valence-corrected chi connectivity index (χ0v) is 25.8. The number of aromatic nitrogens is 1. The van der Waals surface area contributed by atoms with E-state index >= 15 is 0 Å². The summed E-state index contributed by atoms with van der Waals surface area (Å²) in [5, 5.41) is 10.6. The molecule has 4 atom stereocenters. The van der Waals surface area contributed by atoms with Gasteiger partial charge in [0.2, 0.25) is 0 Å². The number of hydrogen-bond acceptors (Lipinski definition) is 8. The largest absolute Gasteiger partial charge is 0.491 e. The first-order valence-corrected chi connectivity index (χ1v) is 15.1. The van der Waals surface area contributed by atoms with E-state index in [4.69, 9.17) is 21.4 Å². The smallest absolute Gasteiger partial charge is 0.433 e. The lowest BCUT2D eigenvalue weighted by Gasteiger charge is -2.42. The maximum absolute atomic E-state index is 14.1. The number of ketones is 2. The summed E-state index contributed by atoms with van der Waals surface area (Å²) in [6.45, 7) is -0.0902. The van der Waals surface area contributed by atoms with Crippen LogP contribution in [0, 0.1) is 17.8 Å². The molecule has 45 heavy (non-hydrogen) atoms. The minimum absolute atomic E-state index is 0.0170. The van der Waals surface area contributed by atoms with E-state index in [0.29, 0.717) is 28.5 Å². The number of nitrogens with zero attached hydrogens (tertiary/aromatic N) is 3. The molecular weight excluding hydrogens is 683 g/mol. The Morgan fingerprint density at radius 2 is 1.80 bits per heavy atom. The summed E-state index contributed by atoms with van der Waals surface area (Å²) < 4.78 is 45.9. The number of hydrogen-bond donors (Lipinski definition) is 1. The van der Waals surface area contributed by atoms with Gasteiger partial charge in [0.15, 0.2) is 17.4 Å². The number of carbonyl (C=O) groups is 4. The second kappa shape index (κ2) is 11.5. The molecular formula is C31H24BrClF3N3O6. The summed E-state index contributed by atoms with van der Waals surface area (Å²) in [7, 11) is 1.24. The van der Waals surface area contributed by atoms with Gasteiger partial charge in [0.1, 0.15) is 18.1 Å². The molecule has 1 aromatic carbocycles. The molecule has 0 saturated carbocycles. The number of aliphatic hydroxyl groups excluding tert-OH is 1. The van der Waals surface area contributed by atoms with Crippen molar-refractivity contribution < 1.29 is 42.2 Å². The average molecular weight is 707 g/mol. The van der Waals surface area contributed by atoms with Crippen LogP contribution in [-0.4, -0.2) is 58.7 Å². The monoisotopic (exact) mass is 705 g/mol. The van der Waals surface area contributed by atoms with Gasteiger partial charge in [-0.05, 0) is 64.5 Å². The molecule has 4 aliphatic rings. The third-order valence-corrected chi connectivity index (χ3v) is 9.49. The van der Waals surface area contributed by atoms with Crippen LogP contribution in [0.4, 0.5) is 19.0 Å². The zero-order valence-electron chi connectivity index (χ0n) is 23.5. The van der Waals surface area contributed by atoms with Gasteiger partial charge in [0.25, 0.3) is 11.8 Å². The number of amides is 2. The molecule has 1 fully saturated rings. The third-order valence-electron chi connectivity index (χ3n) is 8.61. The van der Waals surface area contributed by atoms with Gasteiger partial charge in [0, 0.05) is 30.2 Å². The van der Waals surface area contributed by atoms with Crippen molar-refractivity contribution in [2.75, 3.05) is 25.3 Å². The van der Waals surface area contributed by atoms with Crippen molar-refractivity contribution in [3.63, 3.8) is 0 Å². The summed E-state index contributed by atoms with van der Waals surface area (Å²) >= 11 is 9.37. The molecule has 0 unspecified atom stereocenters. The number of anilines is 1. The van der Waals surface area contributed by atoms with Crippen molar-refractivity contribution >= 4 is 56.7 Å². The third kappa shape index (κ3) is 5.20. The quantitative estimate of drug-likeness (QED) is 0.255. The summed E-state index contributed by atoms with van der Waals surface area (Å²) in [6.07, 6.45) is -1.58. The number of aliphatic hydroxyl groups is 1. The highest BCUT2D eigenvalue weighted by Crippen LogP contribution is 2.55. The fourth-order valence-electron chi connectivity index (χ4n) is 6.70. The Morgan fingerprint density at radius 3 is 2.47 bits per heavy atom. The van der Waals surface area contributed by atoms with Gasteiger partial charge >= 0.3 is 6.18 Å². The van der Waals surface area contributed by atoms with E-state index < -0.39 is 59.0 Å². The van der Waals surface area contributed by atoms with Gasteiger partial charge in [0.05, 0.1) is 27.9 Å². The summed E-state index contributed by atoms with van der Waals surface area (Å²) in [4.78, 5) is 58.2. The number of Topliss-reactive ketones (excluding diaryl/α,β-unsaturated/α-hetero) is 1. The number of fused-ring (bicyclic) bond motifs is 3. The molecule has 9 nitrogen and oxygen atoms in total. The Balaban J connectivity index is 1.40. The first-order chi connectivity index (χ1) is 21.3. The van der Waals surface area contributed by atoms with E-state index in [0.717, 1.165) is 16.1 Å². The van der Waals surface area contributed by atoms with E-state index in [1.54, 1.807) is 24.3 Å². The first kappa shape index (κ1) is 31.2. The Morgan fingerprint density at radius 1 is 1.09 bits per heavy atom. The Kier molecular flexibility index (Phi) is 7.99. The predicted molar refractivity (Wildman–Crippen MR) is 158 cm³/mol. The average Bonchev–Trinajstić information content (AvgIpc) is 3.26. The number of allylic oxidation sites excluding steroid dienone is 6. The van der Waals surface area contributed by atoms with Gasteiger partial charge in [-0.2, -0.15) is 18.2 Å². The number of benzene rings is 1. The van der Waals surface area contributed by atoms with Crippen LogP contribution in [0.3, 0.4) is 0 Å². The van der Waals surface area contributed by atoms with Crippen LogP contribution in [0.5, 0.6) is 5.75 Å². The lowest BCUT2D eigenvalue weighted by Crippen LogP contribution is -2.46. The van der Waals surface area contributed by atoms with E-state index in [-0.39, 0.29) is 46.9 Å². The molecule has 1 saturated heterocycles. The molecule has 0 radical (unpaired) electrons. The Labute approximate surface area is 268 Å². The van der Waals surface area contributed by atoms with Crippen molar-refractivity contribution in [1.29, 1.82) is 0 Å². The lowest BCUT2D eigenvalue weighted by atomic mass is 9.59. The number of rotatable bonds is 6. The van der Waals surface area contributed by atoms with Crippen LogP contribution in [0.2, 0.25) is 5.02 Å². The Hall–Kier alpha value is -3.81. The predicted octanol–water partition coefficient (Wildman–Crippen LogP) is 4.94. The van der Waals surface area contributed by atoms with Crippen LogP contribution >= 0.6 is 27.5 Å². The fourth-order valence-corrected chi connectivity index (χ4v) is 7.37. The van der Waals surface area contributed by atoms with Crippen LogP contribution < -0.4 is 9.75 Å². The second-order valence-electron chi connectivity index (χ2n) is 11.0. The van der Waals surface area contributed by atoms with E-state index in [1.165, 1.54) is 13.1 Å². The van der Waals surface area contributed by atoms with Crippen LogP contribution in [0.15, 0.2) is 69.8 Å². The highest BCUT2D eigenvalue weighted by atomic mass is 79.9. The number of alkyl halides is 3. The van der Waals surface area contributed by atoms with Gasteiger partial charge in [-0.25, -0.2) is 4.98 Å². The van der Waals surface area contributed by atoms with Gasteiger partial charge in [-0.3, -0.25) is 24.2 Å². The summed E-state index contributed by atoms with van der Waals surface area (Å²) in [5.41, 5.74) is 0.644. The molecule has 234 valence electrons. The Bertz CT molecular complexity index is 1740. The number of pyridine rings is 1. The number of imide groups is 1. The summed E-state index contributed by atoms with van der Waals surface area (Å²) in [5.74, 6) is -5.17. The maximum atomic E-state index is 14.1. The van der Waals surface area contributed by atoms with Crippen molar-refractivity contribution in [3.05, 3.63) is 86.0 Å². The highest BCUT2D eigenvalue weighted by Gasteiger charge is 2.57. The molecule has 0 bridgehead atoms. The summed E-state index contributed by atoms with van der Waals surface area (Å²) in [6, 6.07) is 8.54. The molecule has 2 amide bonds. The van der Waals surface area contributed by atoms with Crippen LogP contribution in [-0.2, 0) is 25.4 Å². The SMILES string of the molecule is CN(c1nc(C(F)(F)F)ccc1Cl)N1C(=O)[C@H]2[C@H](CC=C3[C@H](c4ccc(OCCO)cc4)C4=C(C[C@H]32)C(=O)C(Br)=CC4=O)C1=O. The molecule has 0 spiro atoms. The number of hydrazine groups is 1. The van der Waals surface area contributed by atoms with Crippen molar-refractivity contribution in [2.45, 2.75) is 24.9 Å². The topological polar surface area (TPSA) is 117 Å². The molecule has 2 aromatic rings. The molecule has 2 heterocycles. The molecule has 3 aliphatic carbocycles. The number of halogens is 5. The van der Waals surface area contributed by atoms with Crippen molar-refractivity contribution in [1.82, 2.24) is 9.99 Å². The normalized spacial score (nSPS) is 24.6. The van der Waals surface area contributed by atoms with Gasteiger partial charge < -0.3 is 9.84 Å². The minimum atomic E-state index is -4.79. The van der Waals surface area contributed by atoms with E-state index in [2.05, 4.69) is 20.9 Å². The highest BCUT2D eigenvalue weighted by molar-refractivity contribution is 9.12.